The Kier molecular flexibility index (Phi) is 2.61. The quantitative estimate of drug-likeness (QED) is 0.533. The smallest absolute Gasteiger partial charge is 0.329 e. The largest absolute Gasteiger partial charge is 0.508 e. The van der Waals surface area contributed by atoms with Gasteiger partial charge in [-0.2, -0.15) is 0 Å². The van der Waals surface area contributed by atoms with Crippen molar-refractivity contribution >= 4 is 7.60 Å². The van der Waals surface area contributed by atoms with Gasteiger partial charge in [0.25, 0.3) is 0 Å². The second-order valence-electron chi connectivity index (χ2n) is 2.68. The van der Waals surface area contributed by atoms with E-state index in [1.807, 2.05) is 0 Å². The van der Waals surface area contributed by atoms with E-state index < -0.39 is 13.8 Å². The van der Waals surface area contributed by atoms with Crippen molar-refractivity contribution in [2.75, 3.05) is 0 Å². The molecule has 4 N–H and O–H groups in total. The van der Waals surface area contributed by atoms with Gasteiger partial charge in [0.1, 0.15) is 11.5 Å². The van der Waals surface area contributed by atoms with Crippen molar-refractivity contribution < 1.29 is 24.6 Å². The van der Waals surface area contributed by atoms with E-state index in [4.69, 9.17) is 20.0 Å². The van der Waals surface area contributed by atoms with Crippen molar-refractivity contribution in [1.29, 1.82) is 0 Å². The van der Waals surface area contributed by atoms with Crippen LogP contribution < -0.4 is 0 Å². The maximum Gasteiger partial charge on any atom is 0.329 e. The lowest BCUT2D eigenvalue weighted by Crippen LogP contribution is -1.86. The summed E-state index contributed by atoms with van der Waals surface area (Å²) in [5, 5.41) is 18.0. The molecule has 72 valence electrons. The highest BCUT2D eigenvalue weighted by Crippen LogP contribution is 2.40. The molecule has 0 atom stereocenters. The molecular weight excluding hydrogens is 195 g/mol. The SMILES string of the molecule is O=P(O)(O)Cc1cc(O)cc(O)c1. The van der Waals surface area contributed by atoms with E-state index in [1.54, 1.807) is 0 Å². The van der Waals surface area contributed by atoms with Gasteiger partial charge in [0.15, 0.2) is 0 Å². The molecule has 0 saturated heterocycles. The summed E-state index contributed by atoms with van der Waals surface area (Å²) >= 11 is 0. The van der Waals surface area contributed by atoms with E-state index >= 15 is 0 Å². The van der Waals surface area contributed by atoms with E-state index in [1.165, 1.54) is 12.1 Å². The van der Waals surface area contributed by atoms with E-state index in [9.17, 15) is 4.57 Å². The molecule has 0 spiro atoms. The van der Waals surface area contributed by atoms with Crippen LogP contribution in [0.2, 0.25) is 0 Å². The molecule has 0 aliphatic carbocycles. The van der Waals surface area contributed by atoms with Crippen LogP contribution in [0.15, 0.2) is 18.2 Å². The van der Waals surface area contributed by atoms with E-state index in [-0.39, 0.29) is 17.1 Å². The van der Waals surface area contributed by atoms with Gasteiger partial charge < -0.3 is 20.0 Å². The van der Waals surface area contributed by atoms with Crippen molar-refractivity contribution in [2.45, 2.75) is 6.16 Å². The fraction of sp³-hybridized carbons (Fsp3) is 0.143. The highest BCUT2D eigenvalue weighted by molar-refractivity contribution is 7.50. The highest BCUT2D eigenvalue weighted by atomic mass is 31.2. The number of phenolic OH excluding ortho intramolecular Hbond substituents is 2. The molecule has 0 aliphatic rings. The molecule has 0 radical (unpaired) electrons. The van der Waals surface area contributed by atoms with Gasteiger partial charge in [-0.05, 0) is 17.7 Å². The van der Waals surface area contributed by atoms with Crippen LogP contribution in [0.25, 0.3) is 0 Å². The first-order valence-electron chi connectivity index (χ1n) is 3.43. The number of benzene rings is 1. The molecule has 1 rings (SSSR count). The Bertz CT molecular complexity index is 336. The number of rotatable bonds is 2. The third kappa shape index (κ3) is 3.46. The predicted molar refractivity (Wildman–Crippen MR) is 45.5 cm³/mol. The molecule has 1 aromatic rings. The lowest BCUT2D eigenvalue weighted by Gasteiger charge is -2.04. The van der Waals surface area contributed by atoms with Gasteiger partial charge in [0.2, 0.25) is 0 Å². The molecule has 0 heterocycles. The Morgan fingerprint density at radius 3 is 1.92 bits per heavy atom. The minimum atomic E-state index is -4.15. The minimum absolute atomic E-state index is 0.200. The fourth-order valence-corrected chi connectivity index (χ4v) is 1.64. The van der Waals surface area contributed by atoms with Gasteiger partial charge in [0.05, 0.1) is 6.16 Å². The topological polar surface area (TPSA) is 98.0 Å². The summed E-state index contributed by atoms with van der Waals surface area (Å²) in [7, 11) is -4.15. The van der Waals surface area contributed by atoms with Crippen molar-refractivity contribution in [3.05, 3.63) is 23.8 Å². The average Bonchev–Trinajstić information content (AvgIpc) is 1.78. The van der Waals surface area contributed by atoms with Gasteiger partial charge in [-0.15, -0.1) is 0 Å². The van der Waals surface area contributed by atoms with Gasteiger partial charge >= 0.3 is 7.60 Å². The van der Waals surface area contributed by atoms with E-state index in [2.05, 4.69) is 0 Å². The van der Waals surface area contributed by atoms with Crippen LogP contribution in [0.4, 0.5) is 0 Å². The average molecular weight is 204 g/mol. The normalized spacial score (nSPS) is 11.5. The molecule has 0 saturated carbocycles. The van der Waals surface area contributed by atoms with Crippen LogP contribution in [0.1, 0.15) is 5.56 Å². The van der Waals surface area contributed by atoms with Gasteiger partial charge in [-0.25, -0.2) is 0 Å². The summed E-state index contributed by atoms with van der Waals surface area (Å²) in [6.07, 6.45) is -0.491. The Labute approximate surface area is 74.4 Å². The third-order valence-corrected chi connectivity index (χ3v) is 2.13. The minimum Gasteiger partial charge on any atom is -0.508 e. The Balaban J connectivity index is 2.96. The fourth-order valence-electron chi connectivity index (χ4n) is 0.986. The first-order valence-corrected chi connectivity index (χ1v) is 5.23. The number of phenols is 2. The molecular formula is C7H9O5P. The molecule has 0 aromatic heterocycles. The first kappa shape index (κ1) is 10.1. The molecule has 1 aromatic carbocycles. The van der Waals surface area contributed by atoms with Crippen molar-refractivity contribution in [2.24, 2.45) is 0 Å². The van der Waals surface area contributed by atoms with Crippen molar-refractivity contribution in [3.8, 4) is 11.5 Å². The maximum absolute atomic E-state index is 10.6. The van der Waals surface area contributed by atoms with Crippen LogP contribution in [0, 0.1) is 0 Å². The summed E-state index contributed by atoms with van der Waals surface area (Å²) in [6, 6.07) is 3.47. The van der Waals surface area contributed by atoms with E-state index in [0.29, 0.717) is 0 Å². The second-order valence-corrected chi connectivity index (χ2v) is 4.33. The second kappa shape index (κ2) is 3.38. The molecule has 0 bridgehead atoms. The highest BCUT2D eigenvalue weighted by Gasteiger charge is 2.14. The molecule has 0 fully saturated rings. The van der Waals surface area contributed by atoms with Gasteiger partial charge in [-0.1, -0.05) is 0 Å². The standard InChI is InChI=1S/C7H9O5P/c8-6-1-5(2-7(9)3-6)4-13(10,11)12/h1-3,8-9H,4H2,(H2,10,11,12). The summed E-state index contributed by atoms with van der Waals surface area (Å²) in [5.41, 5.74) is 0.200. The van der Waals surface area contributed by atoms with Crippen molar-refractivity contribution in [1.82, 2.24) is 0 Å². The van der Waals surface area contributed by atoms with Crippen LogP contribution in [0.5, 0.6) is 11.5 Å². The molecule has 5 nitrogen and oxygen atoms in total. The van der Waals surface area contributed by atoms with Crippen LogP contribution in [-0.4, -0.2) is 20.0 Å². The van der Waals surface area contributed by atoms with Gasteiger partial charge in [-0.3, -0.25) is 4.57 Å². The number of aromatic hydroxyl groups is 2. The predicted octanol–water partition coefficient (Wildman–Crippen LogP) is 0.775. The molecule has 0 amide bonds. The van der Waals surface area contributed by atoms with Crippen LogP contribution in [0.3, 0.4) is 0 Å². The monoisotopic (exact) mass is 204 g/mol. The van der Waals surface area contributed by atoms with E-state index in [0.717, 1.165) is 6.07 Å². The Morgan fingerprint density at radius 2 is 1.54 bits per heavy atom. The number of hydrogen-bond acceptors (Lipinski definition) is 3. The van der Waals surface area contributed by atoms with Gasteiger partial charge in [0, 0.05) is 6.07 Å². The van der Waals surface area contributed by atoms with Crippen LogP contribution >= 0.6 is 7.60 Å². The first-order chi connectivity index (χ1) is 5.87. The number of hydrogen-bond donors (Lipinski definition) is 4. The zero-order valence-electron chi connectivity index (χ0n) is 6.58. The lowest BCUT2D eigenvalue weighted by molar-refractivity contribution is 0.371. The molecule has 0 unspecified atom stereocenters. The summed E-state index contributed by atoms with van der Waals surface area (Å²) in [5.74, 6) is -0.438. The zero-order chi connectivity index (χ0) is 10.1. The Morgan fingerprint density at radius 1 is 1.08 bits per heavy atom. The summed E-state index contributed by atoms with van der Waals surface area (Å²) < 4.78 is 10.6. The Hall–Kier alpha value is -1.03. The molecule has 0 aliphatic heterocycles. The lowest BCUT2D eigenvalue weighted by atomic mass is 10.2. The maximum atomic E-state index is 10.6. The summed E-state index contributed by atoms with van der Waals surface area (Å²) in [4.78, 5) is 17.2. The third-order valence-electron chi connectivity index (χ3n) is 1.35. The molecule has 13 heavy (non-hydrogen) atoms. The molecule has 6 heteroatoms. The van der Waals surface area contributed by atoms with Crippen LogP contribution in [-0.2, 0) is 10.7 Å². The van der Waals surface area contributed by atoms with Crippen molar-refractivity contribution in [3.63, 3.8) is 0 Å². The zero-order valence-corrected chi connectivity index (χ0v) is 7.48. The summed E-state index contributed by atoms with van der Waals surface area (Å²) in [6.45, 7) is 0.